The van der Waals surface area contributed by atoms with Gasteiger partial charge in [0, 0.05) is 29.8 Å². The van der Waals surface area contributed by atoms with Crippen molar-refractivity contribution < 1.29 is 154 Å². The van der Waals surface area contributed by atoms with Crippen LogP contribution in [0.5, 0.6) is 28.7 Å². The van der Waals surface area contributed by atoms with Crippen molar-refractivity contribution in [2.24, 2.45) is 0 Å². The minimum atomic E-state index is -1.42. The second kappa shape index (κ2) is 49.9. The highest BCUT2D eigenvalue weighted by Crippen LogP contribution is 2.34. The predicted molar refractivity (Wildman–Crippen MR) is 430 cm³/mol. The molecule has 123 heavy (non-hydrogen) atoms. The van der Waals surface area contributed by atoms with Gasteiger partial charge in [-0.3, -0.25) is 50.6 Å². The van der Waals surface area contributed by atoms with E-state index in [2.05, 4.69) is 26.6 Å². The van der Waals surface area contributed by atoms with E-state index >= 15 is 0 Å². The van der Waals surface area contributed by atoms with Gasteiger partial charge in [-0.2, -0.15) is 8.42 Å². The number of amides is 5. The van der Waals surface area contributed by atoms with Gasteiger partial charge < -0.3 is 99.5 Å². The summed E-state index contributed by atoms with van der Waals surface area (Å²) in [4.78, 5) is 166. The van der Waals surface area contributed by atoms with Crippen molar-refractivity contribution in [1.82, 2.24) is 26.6 Å². The van der Waals surface area contributed by atoms with Gasteiger partial charge in [0.05, 0.1) is 24.6 Å². The molecule has 5 amide bonds. The average Bonchev–Trinajstić information content (AvgIpc) is 0.849. The number of nitrogens with one attached hydrogen (secondary N) is 5. The number of nitro groups is 5. The lowest BCUT2D eigenvalue weighted by Gasteiger charge is -2.22. The summed E-state index contributed by atoms with van der Waals surface area (Å²) in [5.74, 6) is -7.10. The highest BCUT2D eigenvalue weighted by molar-refractivity contribution is 7.51. The number of ether oxygens (including phenoxy) is 10. The standard InChI is InChI=1S/5C15H20N2O7.O2S/c2*1-9-5-6-12(11(7-9)17(21)22)23-8-10(13(18)19)16-14(20)24-15(2,3)4;1-9-5-6-11(17(21)22)12(7-9)23-8-10(13(18)19)16-14(20)24-15(2,3)4;1-9-6-5-7-11(12(9)17(21)22)23-8-10(13(18)19)16-14(20)24-15(2,3)4;1-9-6-5-7-11(17(21)22)12(9)23-8-10(13(18)19)16-14(20)24-15(2,3)4;1-3-2/h5*5-7,10H,8H2,1-4H3,(H,16,20)(H,18,19);/t5*10-;/m00000./s1. The molecule has 0 aliphatic heterocycles. The molecule has 678 valence electrons. The molecule has 0 unspecified atom stereocenters. The molecule has 5 rings (SSSR count). The minimum absolute atomic E-state index is 0.0419. The van der Waals surface area contributed by atoms with Gasteiger partial charge >= 0.3 is 100 Å². The van der Waals surface area contributed by atoms with E-state index in [-0.39, 0.29) is 57.2 Å². The summed E-state index contributed by atoms with van der Waals surface area (Å²) in [6.45, 7) is 30.3. The summed E-state index contributed by atoms with van der Waals surface area (Å²) >= 11 is -0.750. The Hall–Kier alpha value is -14.4. The second-order valence-corrected chi connectivity index (χ2v) is 30.5. The van der Waals surface area contributed by atoms with Gasteiger partial charge in [-0.1, -0.05) is 42.5 Å². The van der Waals surface area contributed by atoms with Crippen LogP contribution in [0.4, 0.5) is 52.4 Å². The number of rotatable bonds is 30. The van der Waals surface area contributed by atoms with Gasteiger partial charge in [0.1, 0.15) is 61.0 Å². The van der Waals surface area contributed by atoms with E-state index in [9.17, 15) is 98.5 Å². The Labute approximate surface area is 706 Å². The lowest BCUT2D eigenvalue weighted by molar-refractivity contribution is -0.386. The lowest BCUT2D eigenvalue weighted by Crippen LogP contribution is -2.46. The van der Waals surface area contributed by atoms with Crippen LogP contribution in [-0.4, -0.2) is 210 Å². The smallest absolute Gasteiger partial charge is 0.408 e. The molecule has 0 saturated heterocycles. The number of benzene rings is 5. The van der Waals surface area contributed by atoms with Gasteiger partial charge in [-0.15, -0.1) is 0 Å². The van der Waals surface area contributed by atoms with Gasteiger partial charge in [0.25, 0.3) is 0 Å². The summed E-state index contributed by atoms with van der Waals surface area (Å²) < 4.78 is 67.7. The van der Waals surface area contributed by atoms with Crippen molar-refractivity contribution in [1.29, 1.82) is 0 Å². The molecule has 0 aliphatic carbocycles. The largest absolute Gasteiger partial charge is 0.484 e. The van der Waals surface area contributed by atoms with E-state index in [0.29, 0.717) is 27.8 Å². The van der Waals surface area contributed by atoms with E-state index < -0.39 is 188 Å². The number of carboxylic acid groups (broad SMARTS) is 5. The monoisotopic (exact) mass is 1760 g/mol. The van der Waals surface area contributed by atoms with E-state index in [4.69, 9.17) is 81.3 Å². The van der Waals surface area contributed by atoms with Crippen LogP contribution in [0.1, 0.15) is 132 Å². The molecule has 0 aliphatic rings. The molecule has 47 nitrogen and oxygen atoms in total. The summed E-state index contributed by atoms with van der Waals surface area (Å²) in [6, 6.07) is 14.5. The Kier molecular flexibility index (Phi) is 44.0. The first-order chi connectivity index (χ1) is 56.4. The molecule has 0 fully saturated rings. The number of hydrogen-bond acceptors (Lipinski definition) is 32. The summed E-state index contributed by atoms with van der Waals surface area (Å²) in [5.41, 5.74) is -2.43. The van der Waals surface area contributed by atoms with Crippen molar-refractivity contribution in [3.63, 3.8) is 0 Å². The van der Waals surface area contributed by atoms with Crippen molar-refractivity contribution in [2.75, 3.05) is 33.0 Å². The Balaban J connectivity index is 0.00000150. The van der Waals surface area contributed by atoms with Gasteiger partial charge in [0.2, 0.25) is 0 Å². The van der Waals surface area contributed by atoms with Crippen LogP contribution in [0.15, 0.2) is 91.0 Å². The molecule has 0 aromatic heterocycles. The number of carbonyl (C=O) groups excluding carboxylic acids is 5. The van der Waals surface area contributed by atoms with Crippen molar-refractivity contribution in [2.45, 2.75) is 197 Å². The number of aliphatic carboxylic acids is 5. The highest BCUT2D eigenvalue weighted by atomic mass is 32.1. The molecular weight excluding hydrogens is 1660 g/mol. The molecule has 5 aromatic rings. The topological polar surface area (TPSA) is 674 Å². The molecule has 5 aromatic carbocycles. The zero-order valence-electron chi connectivity index (χ0n) is 70.5. The fourth-order valence-electron chi connectivity index (χ4n) is 8.60. The third-order valence-corrected chi connectivity index (χ3v) is 13.7. The number of carbonyl (C=O) groups is 10. The van der Waals surface area contributed by atoms with E-state index in [1.807, 2.05) is 0 Å². The van der Waals surface area contributed by atoms with E-state index in [0.717, 1.165) is 0 Å². The maximum absolute atomic E-state index is 11.7. The van der Waals surface area contributed by atoms with Crippen LogP contribution in [0, 0.1) is 85.2 Å². The Bertz CT molecular complexity index is 4420. The summed E-state index contributed by atoms with van der Waals surface area (Å²) in [7, 11) is 0. The number of nitro benzene ring substituents is 5. The zero-order valence-corrected chi connectivity index (χ0v) is 71.3. The number of para-hydroxylation sites is 2. The number of hydrogen-bond donors (Lipinski definition) is 10. The highest BCUT2D eigenvalue weighted by Gasteiger charge is 2.33. The van der Waals surface area contributed by atoms with Crippen LogP contribution < -0.4 is 50.3 Å². The van der Waals surface area contributed by atoms with Crippen LogP contribution in [0.2, 0.25) is 0 Å². The van der Waals surface area contributed by atoms with E-state index in [1.54, 1.807) is 175 Å². The predicted octanol–water partition coefficient (Wildman–Crippen LogP) is 10.6. The fraction of sp³-hybridized carbons (Fsp3) is 0.467. The SMILES string of the molecule is Cc1ccc(OC[C@H](NC(=O)OC(C)(C)C)C(=O)O)c([N+](=O)[O-])c1.Cc1ccc(OC[C@H](NC(=O)OC(C)(C)C)C(=O)O)c([N+](=O)[O-])c1.Cc1ccc([N+](=O)[O-])c(OC[C@H](NC(=O)OC(C)(C)C)C(=O)O)c1.Cc1cccc(OC[C@H](NC(=O)OC(C)(C)C)C(=O)O)c1[N+](=O)[O-].Cc1cccc([N+](=O)[O-])c1OC[C@H](NC(=O)OC(C)(C)C)C(=O)O.O=S=O. The molecular formula is C75H100N10O37S. The van der Waals surface area contributed by atoms with Gasteiger partial charge in [-0.25, -0.2) is 47.9 Å². The third kappa shape index (κ3) is 45.4. The quantitative estimate of drug-likeness (QED) is 0.0116. The molecule has 0 bridgehead atoms. The van der Waals surface area contributed by atoms with Crippen molar-refractivity contribution >= 4 is 100 Å². The zero-order chi connectivity index (χ0) is 95.2. The van der Waals surface area contributed by atoms with Crippen LogP contribution in [0.3, 0.4) is 0 Å². The van der Waals surface area contributed by atoms with Crippen molar-refractivity contribution in [3.05, 3.63) is 169 Å². The first-order valence-electron chi connectivity index (χ1n) is 35.8. The van der Waals surface area contributed by atoms with Crippen LogP contribution in [0.25, 0.3) is 0 Å². The second-order valence-electron chi connectivity index (χ2n) is 30.4. The van der Waals surface area contributed by atoms with E-state index in [1.165, 1.54) is 54.6 Å². The lowest BCUT2D eigenvalue weighted by atomic mass is 10.2. The third-order valence-electron chi connectivity index (χ3n) is 13.7. The summed E-state index contributed by atoms with van der Waals surface area (Å²) in [5, 5.41) is 112. The normalized spacial score (nSPS) is 12.0. The maximum atomic E-state index is 11.7. The van der Waals surface area contributed by atoms with Gasteiger partial charge in [-0.05, 0) is 185 Å². The average molecular weight is 1770 g/mol. The molecule has 10 N–H and O–H groups in total. The fourth-order valence-corrected chi connectivity index (χ4v) is 8.60. The number of nitrogens with zero attached hydrogens (tertiary/aromatic N) is 5. The Morgan fingerprint density at radius 2 is 0.577 bits per heavy atom. The minimum Gasteiger partial charge on any atom is -0.484 e. The maximum Gasteiger partial charge on any atom is 0.408 e. The molecule has 5 atom stereocenters. The van der Waals surface area contributed by atoms with Crippen molar-refractivity contribution in [3.8, 4) is 28.7 Å². The van der Waals surface area contributed by atoms with Crippen LogP contribution in [-0.2, 0) is 59.2 Å². The van der Waals surface area contributed by atoms with Crippen LogP contribution >= 0.6 is 0 Å². The number of aryl methyl sites for hydroxylation is 5. The Morgan fingerprint density at radius 1 is 0.325 bits per heavy atom. The first-order valence-corrected chi connectivity index (χ1v) is 36.5. The van der Waals surface area contributed by atoms with Gasteiger partial charge in [0.15, 0.2) is 59.0 Å². The molecule has 0 saturated carbocycles. The summed E-state index contributed by atoms with van der Waals surface area (Å²) in [6.07, 6.45) is -4.60. The number of carboxylic acids is 5. The number of alkyl carbamates (subject to hydrolysis) is 5. The molecule has 0 radical (unpaired) electrons. The first kappa shape index (κ1) is 109. The Morgan fingerprint density at radius 3 is 0.854 bits per heavy atom. The molecule has 0 spiro atoms. The molecule has 48 heteroatoms. The molecule has 0 heterocycles.